The molecule has 0 N–H and O–H groups in total. The van der Waals surface area contributed by atoms with Crippen LogP contribution >= 0.6 is 11.8 Å². The Morgan fingerprint density at radius 2 is 2.00 bits per heavy atom. The molecule has 82 valence electrons. The van der Waals surface area contributed by atoms with Crippen molar-refractivity contribution in [2.75, 3.05) is 12.4 Å². The number of carbonyl (C=O) groups excluding carboxylic acids is 1. The molecule has 0 atom stereocenters. The first-order chi connectivity index (χ1) is 7.22. The minimum absolute atomic E-state index is 0.114. The maximum Gasteiger partial charge on any atom is 0.306 e. The van der Waals surface area contributed by atoms with Crippen molar-refractivity contribution >= 4 is 17.7 Å². The molecule has 0 aliphatic heterocycles. The van der Waals surface area contributed by atoms with Gasteiger partial charge < -0.3 is 4.74 Å². The summed E-state index contributed by atoms with van der Waals surface area (Å²) in [5.74, 6) is 0.666. The first-order valence-corrected chi connectivity index (χ1v) is 6.06. The molecular weight excluding hydrogens is 208 g/mol. The lowest BCUT2D eigenvalue weighted by Gasteiger charge is -2.02. The smallest absolute Gasteiger partial charge is 0.306 e. The molecule has 0 amide bonds. The van der Waals surface area contributed by atoms with Crippen LogP contribution in [-0.2, 0) is 9.53 Å². The molecule has 0 saturated heterocycles. The standard InChI is InChI=1S/C12H16O2S/c1-3-14-12(13)8-9-15-11-6-4-10(2)5-7-11/h4-7H,3,8-9H2,1-2H3. The average Bonchev–Trinajstić information content (AvgIpc) is 2.21. The Morgan fingerprint density at radius 1 is 1.33 bits per heavy atom. The van der Waals surface area contributed by atoms with Crippen molar-refractivity contribution in [2.24, 2.45) is 0 Å². The van der Waals surface area contributed by atoms with Gasteiger partial charge in [-0.25, -0.2) is 0 Å². The molecule has 0 saturated carbocycles. The van der Waals surface area contributed by atoms with Crippen LogP contribution in [-0.4, -0.2) is 18.3 Å². The largest absolute Gasteiger partial charge is 0.466 e. The number of aryl methyl sites for hydroxylation is 1. The highest BCUT2D eigenvalue weighted by Gasteiger charge is 2.01. The van der Waals surface area contributed by atoms with E-state index in [1.807, 2.05) is 6.92 Å². The van der Waals surface area contributed by atoms with Gasteiger partial charge in [0.1, 0.15) is 0 Å². The van der Waals surface area contributed by atoms with Crippen molar-refractivity contribution in [2.45, 2.75) is 25.2 Å². The van der Waals surface area contributed by atoms with Crippen molar-refractivity contribution < 1.29 is 9.53 Å². The van der Waals surface area contributed by atoms with E-state index < -0.39 is 0 Å². The van der Waals surface area contributed by atoms with E-state index in [2.05, 4.69) is 31.2 Å². The van der Waals surface area contributed by atoms with Crippen LogP contribution in [0.5, 0.6) is 0 Å². The number of carbonyl (C=O) groups is 1. The van der Waals surface area contributed by atoms with E-state index in [-0.39, 0.29) is 5.97 Å². The molecule has 0 radical (unpaired) electrons. The van der Waals surface area contributed by atoms with Crippen LogP contribution in [0.1, 0.15) is 18.9 Å². The van der Waals surface area contributed by atoms with E-state index in [0.717, 1.165) is 5.75 Å². The van der Waals surface area contributed by atoms with Crippen molar-refractivity contribution in [3.05, 3.63) is 29.8 Å². The first kappa shape index (κ1) is 12.1. The fourth-order valence-electron chi connectivity index (χ4n) is 1.12. The number of hydrogen-bond donors (Lipinski definition) is 0. The fraction of sp³-hybridized carbons (Fsp3) is 0.417. The zero-order valence-corrected chi connectivity index (χ0v) is 9.97. The molecule has 0 fully saturated rings. The lowest BCUT2D eigenvalue weighted by molar-refractivity contribution is -0.142. The molecule has 3 heteroatoms. The van der Waals surface area contributed by atoms with Gasteiger partial charge in [-0.1, -0.05) is 17.7 Å². The molecule has 0 aromatic heterocycles. The van der Waals surface area contributed by atoms with Gasteiger partial charge in [0.15, 0.2) is 0 Å². The first-order valence-electron chi connectivity index (χ1n) is 5.07. The highest BCUT2D eigenvalue weighted by molar-refractivity contribution is 7.99. The van der Waals surface area contributed by atoms with Gasteiger partial charge >= 0.3 is 5.97 Å². The predicted molar refractivity (Wildman–Crippen MR) is 63.2 cm³/mol. The maximum atomic E-state index is 11.1. The summed E-state index contributed by atoms with van der Waals surface area (Å²) in [5, 5.41) is 0. The van der Waals surface area contributed by atoms with Gasteiger partial charge in [0.05, 0.1) is 13.0 Å². The molecule has 1 rings (SSSR count). The molecule has 2 nitrogen and oxygen atoms in total. The van der Waals surface area contributed by atoms with Crippen molar-refractivity contribution in [1.82, 2.24) is 0 Å². The van der Waals surface area contributed by atoms with E-state index in [1.54, 1.807) is 11.8 Å². The van der Waals surface area contributed by atoms with E-state index >= 15 is 0 Å². The number of ether oxygens (including phenoxy) is 1. The summed E-state index contributed by atoms with van der Waals surface area (Å²) < 4.78 is 4.85. The van der Waals surface area contributed by atoms with Crippen LogP contribution in [0.15, 0.2) is 29.2 Å². The number of esters is 1. The Bertz CT molecular complexity index is 306. The zero-order valence-electron chi connectivity index (χ0n) is 9.16. The average molecular weight is 224 g/mol. The van der Waals surface area contributed by atoms with Crippen molar-refractivity contribution in [3.63, 3.8) is 0 Å². The zero-order chi connectivity index (χ0) is 11.1. The van der Waals surface area contributed by atoms with Crippen LogP contribution in [0.25, 0.3) is 0 Å². The van der Waals surface area contributed by atoms with Gasteiger partial charge in [0.2, 0.25) is 0 Å². The van der Waals surface area contributed by atoms with Gasteiger partial charge in [0, 0.05) is 10.6 Å². The topological polar surface area (TPSA) is 26.3 Å². The molecular formula is C12H16O2S. The SMILES string of the molecule is CCOC(=O)CCSc1ccc(C)cc1. The Labute approximate surface area is 95.0 Å². The summed E-state index contributed by atoms with van der Waals surface area (Å²) in [7, 11) is 0. The van der Waals surface area contributed by atoms with Crippen LogP contribution in [0, 0.1) is 6.92 Å². The van der Waals surface area contributed by atoms with E-state index in [0.29, 0.717) is 13.0 Å². The molecule has 0 aliphatic rings. The van der Waals surface area contributed by atoms with Crippen LogP contribution in [0.4, 0.5) is 0 Å². The number of hydrogen-bond acceptors (Lipinski definition) is 3. The van der Waals surface area contributed by atoms with Crippen molar-refractivity contribution in [1.29, 1.82) is 0 Å². The minimum Gasteiger partial charge on any atom is -0.466 e. The summed E-state index contributed by atoms with van der Waals surface area (Å²) in [6, 6.07) is 8.30. The molecule has 1 aromatic rings. The predicted octanol–water partition coefficient (Wildman–Crippen LogP) is 3.04. The number of thioether (sulfide) groups is 1. The molecule has 0 spiro atoms. The molecule has 0 bridgehead atoms. The number of benzene rings is 1. The van der Waals surface area contributed by atoms with E-state index in [9.17, 15) is 4.79 Å². The monoisotopic (exact) mass is 224 g/mol. The lowest BCUT2D eigenvalue weighted by Crippen LogP contribution is -2.04. The summed E-state index contributed by atoms with van der Waals surface area (Å²) in [6.07, 6.45) is 0.479. The third kappa shape index (κ3) is 4.88. The lowest BCUT2D eigenvalue weighted by atomic mass is 10.2. The highest BCUT2D eigenvalue weighted by Crippen LogP contribution is 2.18. The Hall–Kier alpha value is -0.960. The van der Waals surface area contributed by atoms with Crippen LogP contribution < -0.4 is 0 Å². The Kier molecular flexibility index (Phi) is 5.26. The van der Waals surface area contributed by atoms with Gasteiger partial charge in [-0.05, 0) is 26.0 Å². The summed E-state index contributed by atoms with van der Waals surface area (Å²) >= 11 is 1.68. The molecule has 15 heavy (non-hydrogen) atoms. The second kappa shape index (κ2) is 6.51. The summed E-state index contributed by atoms with van der Waals surface area (Å²) in [5.41, 5.74) is 1.25. The number of rotatable bonds is 5. The minimum atomic E-state index is -0.114. The maximum absolute atomic E-state index is 11.1. The fourth-order valence-corrected chi connectivity index (χ4v) is 1.95. The summed E-state index contributed by atoms with van der Waals surface area (Å²) in [4.78, 5) is 12.3. The second-order valence-electron chi connectivity index (χ2n) is 3.22. The Morgan fingerprint density at radius 3 is 2.60 bits per heavy atom. The molecule has 0 heterocycles. The summed E-state index contributed by atoms with van der Waals surface area (Å²) in [6.45, 7) is 4.35. The van der Waals surface area contributed by atoms with Gasteiger partial charge in [-0.15, -0.1) is 11.8 Å². The second-order valence-corrected chi connectivity index (χ2v) is 4.38. The molecule has 1 aromatic carbocycles. The third-order valence-electron chi connectivity index (χ3n) is 1.90. The van der Waals surface area contributed by atoms with Gasteiger partial charge in [0.25, 0.3) is 0 Å². The highest BCUT2D eigenvalue weighted by atomic mass is 32.2. The quantitative estimate of drug-likeness (QED) is 0.568. The van der Waals surface area contributed by atoms with Gasteiger partial charge in [-0.2, -0.15) is 0 Å². The van der Waals surface area contributed by atoms with Crippen LogP contribution in [0.3, 0.4) is 0 Å². The van der Waals surface area contributed by atoms with Gasteiger partial charge in [-0.3, -0.25) is 4.79 Å². The normalized spacial score (nSPS) is 10.0. The molecule has 0 unspecified atom stereocenters. The van der Waals surface area contributed by atoms with E-state index in [1.165, 1.54) is 10.5 Å². The Balaban J connectivity index is 2.26. The van der Waals surface area contributed by atoms with E-state index in [4.69, 9.17) is 4.74 Å². The van der Waals surface area contributed by atoms with Crippen LogP contribution in [0.2, 0.25) is 0 Å². The van der Waals surface area contributed by atoms with Crippen molar-refractivity contribution in [3.8, 4) is 0 Å². The third-order valence-corrected chi connectivity index (χ3v) is 2.91. The molecule has 0 aliphatic carbocycles.